The molecule has 0 aromatic heterocycles. The maximum Gasteiger partial charge on any atom is 0.245 e. The van der Waals surface area contributed by atoms with Gasteiger partial charge in [-0.15, -0.1) is 0 Å². The van der Waals surface area contributed by atoms with Crippen LogP contribution in [0.5, 0.6) is 0 Å². The van der Waals surface area contributed by atoms with E-state index < -0.39 is 0 Å². The van der Waals surface area contributed by atoms with E-state index in [1.807, 2.05) is 0 Å². The van der Waals surface area contributed by atoms with Gasteiger partial charge in [0.05, 0.1) is 6.61 Å². The number of nitrogens with zero attached hydrogens (tertiary/aromatic N) is 1. The quantitative estimate of drug-likeness (QED) is 0.193. The number of rotatable bonds is 18. The minimum Gasteiger partial charge on any atom is -0.392 e. The Balaban J connectivity index is 1.82. The maximum absolute atomic E-state index is 9.07. The van der Waals surface area contributed by atoms with E-state index in [0.717, 1.165) is 26.1 Å². The van der Waals surface area contributed by atoms with Crippen molar-refractivity contribution in [3.63, 3.8) is 0 Å². The number of hydrogen-bond acceptors (Lipinski definition) is 2. The molecule has 0 saturated carbocycles. The van der Waals surface area contributed by atoms with Crippen LogP contribution >= 0.6 is 0 Å². The summed E-state index contributed by atoms with van der Waals surface area (Å²) in [7, 11) is 0. The van der Waals surface area contributed by atoms with E-state index >= 15 is 0 Å². The summed E-state index contributed by atoms with van der Waals surface area (Å²) < 4.78 is 2.30. The third-order valence-electron chi connectivity index (χ3n) is 5.39. The van der Waals surface area contributed by atoms with Gasteiger partial charge in [0.1, 0.15) is 19.6 Å². The Morgan fingerprint density at radius 1 is 0.846 bits per heavy atom. The molecule has 0 aromatic rings. The number of aliphatic hydroxyl groups excluding tert-OH is 1. The highest BCUT2D eigenvalue weighted by molar-refractivity contribution is 5.78. The molecule has 0 aliphatic carbocycles. The normalized spacial score (nSPS) is 14.5. The Hall–Kier alpha value is -0.830. The molecule has 0 atom stereocenters. The first-order valence-corrected chi connectivity index (χ1v) is 11.5. The van der Waals surface area contributed by atoms with Crippen molar-refractivity contribution in [2.45, 2.75) is 103 Å². The van der Waals surface area contributed by atoms with Crippen LogP contribution in [0.25, 0.3) is 0 Å². The van der Waals surface area contributed by atoms with Crippen molar-refractivity contribution in [1.29, 1.82) is 0 Å². The van der Waals surface area contributed by atoms with Crippen LogP contribution in [-0.2, 0) is 0 Å². The fourth-order valence-corrected chi connectivity index (χ4v) is 3.74. The highest BCUT2D eigenvalue weighted by Crippen LogP contribution is 2.11. The van der Waals surface area contributed by atoms with Crippen LogP contribution in [-0.4, -0.2) is 41.8 Å². The average Bonchev–Trinajstić information content (AvgIpc) is 3.09. The number of aliphatic hydroxyl groups is 1. The standard InChI is InChI=1S/C23H44N2O/c1-2-3-4-5-6-7-8-9-10-11-12-13-14-15-16-17-18-23-24-19-20-25(23)21-22-26/h9-10,26H,2-8,11-22H2,1H3/p+1. The second-order valence-electron chi connectivity index (χ2n) is 7.77. The molecule has 0 aromatic carbocycles. The van der Waals surface area contributed by atoms with Crippen LogP contribution in [0.3, 0.4) is 0 Å². The highest BCUT2D eigenvalue weighted by Gasteiger charge is 2.19. The van der Waals surface area contributed by atoms with E-state index in [2.05, 4.69) is 29.0 Å². The third-order valence-corrected chi connectivity index (χ3v) is 5.39. The predicted octanol–water partition coefficient (Wildman–Crippen LogP) is 5.42. The SMILES string of the molecule is CCCCCCCCC=CCCCCCCCCC1=[N+](CCO)CCN1. The fourth-order valence-electron chi connectivity index (χ4n) is 3.74. The molecule has 2 N–H and O–H groups in total. The van der Waals surface area contributed by atoms with E-state index in [1.165, 1.54) is 95.7 Å². The Bertz CT molecular complexity index is 376. The molecule has 0 saturated heterocycles. The van der Waals surface area contributed by atoms with Crippen LogP contribution in [0.2, 0.25) is 0 Å². The van der Waals surface area contributed by atoms with Gasteiger partial charge in [0.15, 0.2) is 0 Å². The Labute approximate surface area is 163 Å². The molecule has 1 aliphatic heterocycles. The molecule has 1 aliphatic rings. The molecule has 1 heterocycles. The largest absolute Gasteiger partial charge is 0.392 e. The van der Waals surface area contributed by atoms with E-state index in [-0.39, 0.29) is 6.61 Å². The van der Waals surface area contributed by atoms with Gasteiger partial charge >= 0.3 is 0 Å². The molecule has 3 nitrogen and oxygen atoms in total. The van der Waals surface area contributed by atoms with E-state index in [4.69, 9.17) is 5.11 Å². The van der Waals surface area contributed by atoms with Crippen molar-refractivity contribution >= 4 is 5.84 Å². The summed E-state index contributed by atoms with van der Waals surface area (Å²) in [4.78, 5) is 0. The lowest BCUT2D eigenvalue weighted by Crippen LogP contribution is -2.24. The lowest BCUT2D eigenvalue weighted by molar-refractivity contribution is -0.521. The summed E-state index contributed by atoms with van der Waals surface area (Å²) in [6, 6.07) is 0. The van der Waals surface area contributed by atoms with Gasteiger partial charge in [-0.2, -0.15) is 0 Å². The van der Waals surface area contributed by atoms with Gasteiger partial charge in [-0.3, -0.25) is 9.89 Å². The molecule has 0 radical (unpaired) electrons. The molecular weight excluding hydrogens is 320 g/mol. The van der Waals surface area contributed by atoms with Gasteiger partial charge in [-0.05, 0) is 32.1 Å². The summed E-state index contributed by atoms with van der Waals surface area (Å²) in [5.74, 6) is 1.36. The van der Waals surface area contributed by atoms with Crippen molar-refractivity contribution in [2.24, 2.45) is 0 Å². The van der Waals surface area contributed by atoms with Crippen LogP contribution < -0.4 is 5.32 Å². The van der Waals surface area contributed by atoms with Gasteiger partial charge in [-0.1, -0.05) is 76.9 Å². The second-order valence-corrected chi connectivity index (χ2v) is 7.77. The Morgan fingerprint density at radius 2 is 1.42 bits per heavy atom. The molecular formula is C23H45N2O+. The van der Waals surface area contributed by atoms with Crippen LogP contribution in [0.1, 0.15) is 103 Å². The fraction of sp³-hybridized carbons (Fsp3) is 0.870. The smallest absolute Gasteiger partial charge is 0.245 e. The molecule has 0 unspecified atom stereocenters. The zero-order valence-electron chi connectivity index (χ0n) is 17.5. The minimum absolute atomic E-state index is 0.262. The molecule has 0 spiro atoms. The average molecular weight is 366 g/mol. The zero-order valence-corrected chi connectivity index (χ0v) is 17.5. The van der Waals surface area contributed by atoms with E-state index in [1.54, 1.807) is 0 Å². The van der Waals surface area contributed by atoms with Crippen molar-refractivity contribution in [2.75, 3.05) is 26.2 Å². The van der Waals surface area contributed by atoms with Gasteiger partial charge in [0, 0.05) is 6.42 Å². The number of hydrogen-bond donors (Lipinski definition) is 2. The van der Waals surface area contributed by atoms with Crippen LogP contribution in [0.4, 0.5) is 0 Å². The Morgan fingerprint density at radius 3 is 2.04 bits per heavy atom. The first-order valence-electron chi connectivity index (χ1n) is 11.5. The van der Waals surface area contributed by atoms with Crippen LogP contribution in [0, 0.1) is 0 Å². The highest BCUT2D eigenvalue weighted by atomic mass is 16.3. The number of nitrogens with one attached hydrogen (secondary N) is 1. The summed E-state index contributed by atoms with van der Waals surface area (Å²) >= 11 is 0. The topological polar surface area (TPSA) is 35.3 Å². The zero-order chi connectivity index (χ0) is 18.7. The summed E-state index contributed by atoms with van der Waals surface area (Å²) in [6.07, 6.45) is 25.0. The molecule has 0 fully saturated rings. The molecule has 1 rings (SSSR count). The van der Waals surface area contributed by atoms with Gasteiger partial charge in [0.25, 0.3) is 0 Å². The molecule has 152 valence electrons. The molecule has 0 amide bonds. The molecule has 0 bridgehead atoms. The second kappa shape index (κ2) is 17.6. The molecule has 3 heteroatoms. The van der Waals surface area contributed by atoms with Gasteiger partial charge in [0.2, 0.25) is 5.84 Å². The minimum atomic E-state index is 0.262. The molecule has 26 heavy (non-hydrogen) atoms. The van der Waals surface area contributed by atoms with Crippen molar-refractivity contribution in [1.82, 2.24) is 5.32 Å². The summed E-state index contributed by atoms with van der Waals surface area (Å²) in [6.45, 7) is 5.43. The van der Waals surface area contributed by atoms with Crippen molar-refractivity contribution < 1.29 is 9.68 Å². The first kappa shape index (κ1) is 23.2. The predicted molar refractivity (Wildman–Crippen MR) is 114 cm³/mol. The van der Waals surface area contributed by atoms with E-state index in [9.17, 15) is 0 Å². The Kier molecular flexibility index (Phi) is 15.7. The lowest BCUT2D eigenvalue weighted by Gasteiger charge is -2.03. The van der Waals surface area contributed by atoms with Crippen molar-refractivity contribution in [3.05, 3.63) is 12.2 Å². The summed E-state index contributed by atoms with van der Waals surface area (Å²) in [5.41, 5.74) is 0. The number of unbranched alkanes of at least 4 members (excludes halogenated alkanes) is 12. The van der Waals surface area contributed by atoms with E-state index in [0.29, 0.717) is 0 Å². The number of β-amino-alcohol motifs (C(OH)–C–C–N with tert-alkyl or cyclic N) is 1. The number of amidine groups is 1. The third kappa shape index (κ3) is 12.5. The monoisotopic (exact) mass is 365 g/mol. The van der Waals surface area contributed by atoms with Crippen LogP contribution in [0.15, 0.2) is 12.2 Å². The first-order chi connectivity index (χ1) is 12.9. The van der Waals surface area contributed by atoms with Gasteiger partial charge < -0.3 is 5.11 Å². The lowest BCUT2D eigenvalue weighted by atomic mass is 10.1. The number of allylic oxidation sites excluding steroid dienone is 2. The maximum atomic E-state index is 9.07. The van der Waals surface area contributed by atoms with Gasteiger partial charge in [-0.25, -0.2) is 0 Å². The summed E-state index contributed by atoms with van der Waals surface area (Å²) in [5, 5.41) is 12.5. The van der Waals surface area contributed by atoms with Crippen molar-refractivity contribution in [3.8, 4) is 0 Å².